The van der Waals surface area contributed by atoms with Crippen molar-refractivity contribution in [3.05, 3.63) is 24.2 Å². The summed E-state index contributed by atoms with van der Waals surface area (Å²) in [5.74, 6) is 0.618. The number of hydrogen-bond donors (Lipinski definition) is 1. The molecule has 0 fully saturated rings. The number of nitrogens with zero attached hydrogens (tertiary/aromatic N) is 1. The maximum atomic E-state index is 5.39. The molecule has 0 aromatic rings. The Hall–Kier alpha value is -1.12. The number of allylic oxidation sites excluding steroid dienone is 2. The molecule has 0 spiro atoms. The average molecular weight is 112 g/mol. The molecular weight excluding hydrogens is 104 g/mol. The third-order valence-electron chi connectivity index (χ3n) is 0.928. The van der Waals surface area contributed by atoms with Gasteiger partial charge in [0.15, 0.2) is 0 Å². The molecule has 0 aliphatic carbocycles. The van der Waals surface area contributed by atoms with Gasteiger partial charge in [-0.25, -0.2) is 0 Å². The lowest BCUT2D eigenvalue weighted by Crippen LogP contribution is -2.23. The first-order valence-corrected chi connectivity index (χ1v) is 2.33. The molecule has 3 nitrogen and oxygen atoms in total. The highest BCUT2D eigenvalue weighted by atomic mass is 16.7. The zero-order chi connectivity index (χ0) is 5.98. The molecule has 0 radical (unpaired) electrons. The van der Waals surface area contributed by atoms with Crippen molar-refractivity contribution in [2.45, 2.75) is 0 Å². The fourth-order valence-corrected chi connectivity index (χ4v) is 0.430. The van der Waals surface area contributed by atoms with Gasteiger partial charge in [0.1, 0.15) is 12.1 Å². The van der Waals surface area contributed by atoms with E-state index in [4.69, 9.17) is 10.6 Å². The van der Waals surface area contributed by atoms with Gasteiger partial charge in [0, 0.05) is 7.05 Å². The Morgan fingerprint density at radius 3 is 2.88 bits per heavy atom. The largest absolute Gasteiger partial charge is 0.386 e. The summed E-state index contributed by atoms with van der Waals surface area (Å²) in [4.78, 5) is 4.85. The fourth-order valence-electron chi connectivity index (χ4n) is 0.430. The molecule has 0 amide bonds. The summed E-state index contributed by atoms with van der Waals surface area (Å²) < 4.78 is 0. The summed E-state index contributed by atoms with van der Waals surface area (Å²) in [6.45, 7) is 0. The Labute approximate surface area is 48.0 Å². The number of hydrogen-bond acceptors (Lipinski definition) is 3. The second-order valence-corrected chi connectivity index (χ2v) is 1.52. The summed E-state index contributed by atoms with van der Waals surface area (Å²) in [7, 11) is 1.75. The van der Waals surface area contributed by atoms with Crippen LogP contribution in [0.5, 0.6) is 0 Å². The summed E-state index contributed by atoms with van der Waals surface area (Å²) in [5, 5.41) is 1.49. The van der Waals surface area contributed by atoms with Crippen LogP contribution >= 0.6 is 0 Å². The van der Waals surface area contributed by atoms with E-state index in [1.54, 1.807) is 25.5 Å². The normalized spacial score (nSPS) is 17.6. The molecular formula is C5H8N2O. The predicted octanol–water partition coefficient (Wildman–Crippen LogP) is 0.177. The Bertz CT molecular complexity index is 139. The SMILES string of the molecule is CN1OC=CC=C1N. The van der Waals surface area contributed by atoms with Crippen LogP contribution in [0.15, 0.2) is 24.2 Å². The lowest BCUT2D eigenvalue weighted by molar-refractivity contribution is -0.0498. The topological polar surface area (TPSA) is 38.5 Å². The minimum absolute atomic E-state index is 0.618. The molecule has 0 atom stereocenters. The van der Waals surface area contributed by atoms with Crippen LogP contribution in [0.25, 0.3) is 0 Å². The predicted molar refractivity (Wildman–Crippen MR) is 30.3 cm³/mol. The van der Waals surface area contributed by atoms with Gasteiger partial charge in [0.2, 0.25) is 0 Å². The summed E-state index contributed by atoms with van der Waals surface area (Å²) >= 11 is 0. The van der Waals surface area contributed by atoms with Crippen LogP contribution < -0.4 is 5.73 Å². The van der Waals surface area contributed by atoms with Gasteiger partial charge in [0.05, 0.1) is 0 Å². The maximum Gasteiger partial charge on any atom is 0.134 e. The summed E-state index contributed by atoms with van der Waals surface area (Å²) in [6, 6.07) is 0. The van der Waals surface area contributed by atoms with Gasteiger partial charge in [-0.15, -0.1) is 0 Å². The van der Waals surface area contributed by atoms with Gasteiger partial charge in [-0.05, 0) is 12.2 Å². The molecule has 1 aliphatic rings. The fraction of sp³-hybridized carbons (Fsp3) is 0.200. The van der Waals surface area contributed by atoms with Gasteiger partial charge in [-0.2, -0.15) is 5.06 Å². The first kappa shape index (κ1) is 5.03. The van der Waals surface area contributed by atoms with Crippen LogP contribution in [-0.2, 0) is 4.84 Å². The zero-order valence-corrected chi connectivity index (χ0v) is 4.66. The third kappa shape index (κ3) is 0.753. The van der Waals surface area contributed by atoms with E-state index in [2.05, 4.69) is 0 Å². The summed E-state index contributed by atoms with van der Waals surface area (Å²) in [6.07, 6.45) is 5.08. The van der Waals surface area contributed by atoms with E-state index in [1.807, 2.05) is 0 Å². The quantitative estimate of drug-likeness (QED) is 0.485. The van der Waals surface area contributed by atoms with Gasteiger partial charge in [-0.3, -0.25) is 0 Å². The molecule has 0 aromatic carbocycles. The Morgan fingerprint density at radius 1 is 1.75 bits per heavy atom. The van der Waals surface area contributed by atoms with Crippen molar-refractivity contribution in [3.8, 4) is 0 Å². The number of hydroxylamine groups is 2. The molecule has 8 heavy (non-hydrogen) atoms. The van der Waals surface area contributed by atoms with Crippen molar-refractivity contribution in [3.63, 3.8) is 0 Å². The molecule has 0 bridgehead atoms. The van der Waals surface area contributed by atoms with Crippen molar-refractivity contribution in [2.24, 2.45) is 5.73 Å². The van der Waals surface area contributed by atoms with E-state index in [0.29, 0.717) is 5.82 Å². The smallest absolute Gasteiger partial charge is 0.134 e. The molecule has 44 valence electrons. The molecule has 2 N–H and O–H groups in total. The Balaban J connectivity index is 2.66. The highest BCUT2D eigenvalue weighted by molar-refractivity contribution is 5.08. The first-order chi connectivity index (χ1) is 3.80. The molecule has 3 heteroatoms. The highest BCUT2D eigenvalue weighted by Crippen LogP contribution is 2.00. The Kier molecular flexibility index (Phi) is 1.12. The highest BCUT2D eigenvalue weighted by Gasteiger charge is 1.98. The van der Waals surface area contributed by atoms with Gasteiger partial charge in [0.25, 0.3) is 0 Å². The number of rotatable bonds is 0. The van der Waals surface area contributed by atoms with E-state index in [0.717, 1.165) is 0 Å². The standard InChI is InChI=1S/C5H8N2O/c1-7-5(6)3-2-4-8-7/h2-4H,6H2,1H3. The van der Waals surface area contributed by atoms with E-state index in [1.165, 1.54) is 5.06 Å². The van der Waals surface area contributed by atoms with Gasteiger partial charge in [-0.1, -0.05) is 0 Å². The molecule has 0 saturated heterocycles. The van der Waals surface area contributed by atoms with Gasteiger partial charge >= 0.3 is 0 Å². The first-order valence-electron chi connectivity index (χ1n) is 2.33. The maximum absolute atomic E-state index is 5.39. The molecule has 1 aliphatic heterocycles. The van der Waals surface area contributed by atoms with Crippen LogP contribution in [0.3, 0.4) is 0 Å². The van der Waals surface area contributed by atoms with Crippen LogP contribution in [0.1, 0.15) is 0 Å². The second-order valence-electron chi connectivity index (χ2n) is 1.52. The van der Waals surface area contributed by atoms with Crippen molar-refractivity contribution in [1.29, 1.82) is 0 Å². The van der Waals surface area contributed by atoms with Crippen LogP contribution in [-0.4, -0.2) is 12.1 Å². The van der Waals surface area contributed by atoms with E-state index in [9.17, 15) is 0 Å². The third-order valence-corrected chi connectivity index (χ3v) is 0.928. The number of nitrogens with two attached hydrogens (primary N) is 1. The molecule has 0 aromatic heterocycles. The monoisotopic (exact) mass is 112 g/mol. The van der Waals surface area contributed by atoms with Crippen LogP contribution in [0.4, 0.5) is 0 Å². The van der Waals surface area contributed by atoms with E-state index in [-0.39, 0.29) is 0 Å². The molecule has 1 rings (SSSR count). The van der Waals surface area contributed by atoms with Crippen LogP contribution in [0.2, 0.25) is 0 Å². The molecule has 0 unspecified atom stereocenters. The lowest BCUT2D eigenvalue weighted by Gasteiger charge is -2.18. The zero-order valence-electron chi connectivity index (χ0n) is 4.66. The van der Waals surface area contributed by atoms with Gasteiger partial charge < -0.3 is 10.6 Å². The Morgan fingerprint density at radius 2 is 2.50 bits per heavy atom. The average Bonchev–Trinajstić information content (AvgIpc) is 1.77. The van der Waals surface area contributed by atoms with Crippen molar-refractivity contribution in [1.82, 2.24) is 5.06 Å². The minimum Gasteiger partial charge on any atom is -0.386 e. The van der Waals surface area contributed by atoms with Crippen molar-refractivity contribution < 1.29 is 4.84 Å². The lowest BCUT2D eigenvalue weighted by atomic mass is 10.5. The second kappa shape index (κ2) is 1.78. The minimum atomic E-state index is 0.618. The molecule has 1 heterocycles. The van der Waals surface area contributed by atoms with E-state index < -0.39 is 0 Å². The van der Waals surface area contributed by atoms with Crippen molar-refractivity contribution >= 4 is 0 Å². The summed E-state index contributed by atoms with van der Waals surface area (Å²) in [5.41, 5.74) is 5.39. The molecule has 0 saturated carbocycles. The van der Waals surface area contributed by atoms with Crippen LogP contribution in [0, 0.1) is 0 Å². The van der Waals surface area contributed by atoms with Crippen molar-refractivity contribution in [2.75, 3.05) is 7.05 Å². The van der Waals surface area contributed by atoms with E-state index >= 15 is 0 Å².